The average Bonchev–Trinajstić information content (AvgIpc) is 3.43. The minimum absolute atomic E-state index is 0.0538. The lowest BCUT2D eigenvalue weighted by Gasteiger charge is -2.13. The van der Waals surface area contributed by atoms with Crippen LogP contribution in [0.15, 0.2) is 55.1 Å². The second-order valence-corrected chi connectivity index (χ2v) is 8.95. The predicted octanol–water partition coefficient (Wildman–Crippen LogP) is 4.72. The van der Waals surface area contributed by atoms with Crippen molar-refractivity contribution < 1.29 is 9.53 Å². The summed E-state index contributed by atoms with van der Waals surface area (Å²) in [6.45, 7) is 4.90. The van der Waals surface area contributed by atoms with E-state index in [2.05, 4.69) is 31.4 Å². The monoisotopic (exact) mass is 469 g/mol. The molecule has 0 radical (unpaired) electrons. The van der Waals surface area contributed by atoms with Crippen molar-refractivity contribution in [2.24, 2.45) is 0 Å². The van der Waals surface area contributed by atoms with Crippen molar-refractivity contribution in [2.45, 2.75) is 45.3 Å². The number of aromatic nitrogens is 4. The Balaban J connectivity index is 1.45. The number of carbonyl (C=O) groups excluding carboxylic acids is 1. The molecule has 0 aliphatic heterocycles. The number of benzene rings is 2. The number of amides is 2. The number of ether oxygens (including phenoxy) is 1. The number of carbonyl (C=O) groups is 1. The highest BCUT2D eigenvalue weighted by Gasteiger charge is 2.30. The van der Waals surface area contributed by atoms with Crippen LogP contribution in [0.25, 0.3) is 22.2 Å². The Morgan fingerprint density at radius 1 is 1.23 bits per heavy atom. The molecule has 0 spiro atoms. The molecule has 178 valence electrons. The van der Waals surface area contributed by atoms with Gasteiger partial charge in [-0.15, -0.1) is 0 Å². The summed E-state index contributed by atoms with van der Waals surface area (Å²) >= 11 is 0. The summed E-state index contributed by atoms with van der Waals surface area (Å²) < 4.78 is 9.97. The number of nitrogens with one attached hydrogen (secondary N) is 2. The van der Waals surface area contributed by atoms with Crippen molar-refractivity contribution in [1.29, 1.82) is 5.26 Å². The van der Waals surface area contributed by atoms with E-state index in [1.54, 1.807) is 11.0 Å². The van der Waals surface area contributed by atoms with E-state index in [1.807, 2.05) is 56.3 Å². The molecule has 2 N–H and O–H groups in total. The Hall–Kier alpha value is -4.32. The first-order valence-electron chi connectivity index (χ1n) is 11.7. The number of urea groups is 1. The molecule has 35 heavy (non-hydrogen) atoms. The third-order valence-corrected chi connectivity index (χ3v) is 5.89. The van der Waals surface area contributed by atoms with Crippen LogP contribution in [-0.2, 0) is 6.54 Å². The fraction of sp³-hybridized carbons (Fsp3) is 0.308. The molecule has 1 fully saturated rings. The van der Waals surface area contributed by atoms with E-state index in [9.17, 15) is 10.1 Å². The van der Waals surface area contributed by atoms with Crippen LogP contribution in [0.1, 0.15) is 38.3 Å². The van der Waals surface area contributed by atoms with Crippen LogP contribution in [0.4, 0.5) is 10.5 Å². The molecule has 1 aliphatic carbocycles. The number of anilines is 1. The van der Waals surface area contributed by atoms with Crippen molar-refractivity contribution in [3.8, 4) is 23.1 Å². The van der Waals surface area contributed by atoms with Gasteiger partial charge in [-0.2, -0.15) is 10.4 Å². The third kappa shape index (κ3) is 4.82. The zero-order valence-electron chi connectivity index (χ0n) is 19.7. The van der Waals surface area contributed by atoms with Gasteiger partial charge in [-0.1, -0.05) is 12.1 Å². The SMILES string of the molecule is CC(C)NC(=O)Nc1ccc(-c2c(C#N)c3ccc(OCCn4cncn4)cc3n2C2CC2)cc1. The van der Waals surface area contributed by atoms with Crippen LogP contribution in [-0.4, -0.2) is 38.0 Å². The maximum Gasteiger partial charge on any atom is 0.319 e. The summed E-state index contributed by atoms with van der Waals surface area (Å²) in [5, 5.41) is 20.8. The van der Waals surface area contributed by atoms with Gasteiger partial charge in [0, 0.05) is 29.2 Å². The van der Waals surface area contributed by atoms with Gasteiger partial charge in [0.2, 0.25) is 0 Å². The van der Waals surface area contributed by atoms with E-state index >= 15 is 0 Å². The highest BCUT2D eigenvalue weighted by molar-refractivity contribution is 5.96. The second kappa shape index (κ2) is 9.50. The van der Waals surface area contributed by atoms with E-state index < -0.39 is 0 Å². The first kappa shape index (κ1) is 22.5. The minimum Gasteiger partial charge on any atom is -0.492 e. The summed E-state index contributed by atoms with van der Waals surface area (Å²) in [6.07, 6.45) is 5.32. The van der Waals surface area contributed by atoms with Gasteiger partial charge in [-0.3, -0.25) is 0 Å². The molecule has 2 heterocycles. The molecular weight excluding hydrogens is 442 g/mol. The molecule has 9 heteroatoms. The summed E-state index contributed by atoms with van der Waals surface area (Å²) in [5.74, 6) is 0.753. The molecule has 2 aromatic heterocycles. The van der Waals surface area contributed by atoms with Crippen molar-refractivity contribution in [3.05, 3.63) is 60.7 Å². The van der Waals surface area contributed by atoms with Gasteiger partial charge in [0.1, 0.15) is 31.1 Å². The van der Waals surface area contributed by atoms with Crippen molar-refractivity contribution >= 4 is 22.6 Å². The van der Waals surface area contributed by atoms with E-state index in [0.29, 0.717) is 30.4 Å². The van der Waals surface area contributed by atoms with Gasteiger partial charge in [0.25, 0.3) is 0 Å². The van der Waals surface area contributed by atoms with Gasteiger partial charge in [-0.25, -0.2) is 14.5 Å². The van der Waals surface area contributed by atoms with Crippen molar-refractivity contribution in [2.75, 3.05) is 11.9 Å². The van der Waals surface area contributed by atoms with E-state index in [1.165, 1.54) is 6.33 Å². The Morgan fingerprint density at radius 2 is 2.03 bits per heavy atom. The molecule has 0 bridgehead atoms. The van der Waals surface area contributed by atoms with Gasteiger partial charge in [0.15, 0.2) is 0 Å². The Bertz CT molecular complexity index is 1380. The van der Waals surface area contributed by atoms with Crippen LogP contribution in [0, 0.1) is 11.3 Å². The van der Waals surface area contributed by atoms with Crippen molar-refractivity contribution in [3.63, 3.8) is 0 Å². The maximum absolute atomic E-state index is 12.0. The minimum atomic E-state index is -0.242. The lowest BCUT2D eigenvalue weighted by atomic mass is 10.1. The van der Waals surface area contributed by atoms with Crippen LogP contribution >= 0.6 is 0 Å². The second-order valence-electron chi connectivity index (χ2n) is 8.95. The number of rotatable bonds is 8. The number of nitriles is 1. The molecule has 4 aromatic rings. The van der Waals surface area contributed by atoms with Crippen LogP contribution in [0.5, 0.6) is 5.75 Å². The number of fused-ring (bicyclic) bond motifs is 1. The van der Waals surface area contributed by atoms with Crippen LogP contribution < -0.4 is 15.4 Å². The summed E-state index contributed by atoms with van der Waals surface area (Å²) in [5.41, 5.74) is 4.19. The molecule has 0 unspecified atom stereocenters. The third-order valence-electron chi connectivity index (χ3n) is 5.89. The normalized spacial score (nSPS) is 13.1. The molecule has 5 rings (SSSR count). The smallest absolute Gasteiger partial charge is 0.319 e. The molecule has 0 saturated heterocycles. The topological polar surface area (TPSA) is 110 Å². The standard InChI is InChI=1S/C26H27N7O2/c1-17(2)30-26(34)31-19-5-3-18(4-6-19)25-23(14-27)22-10-9-21(13-24(22)33(25)20-7-8-20)35-12-11-32-16-28-15-29-32/h3-6,9-10,13,15-17,20H,7-8,11-12H2,1-2H3,(H2,30,31,34). The molecule has 0 atom stereocenters. The van der Waals surface area contributed by atoms with Crippen molar-refractivity contribution in [1.82, 2.24) is 24.6 Å². The van der Waals surface area contributed by atoms with Gasteiger partial charge >= 0.3 is 6.03 Å². The van der Waals surface area contributed by atoms with E-state index in [0.717, 1.165) is 40.8 Å². The quantitative estimate of drug-likeness (QED) is 0.388. The van der Waals surface area contributed by atoms with Crippen LogP contribution in [0.2, 0.25) is 0 Å². The largest absolute Gasteiger partial charge is 0.492 e. The lowest BCUT2D eigenvalue weighted by Crippen LogP contribution is -2.34. The molecular formula is C26H27N7O2. The lowest BCUT2D eigenvalue weighted by molar-refractivity contribution is 0.250. The molecule has 2 amide bonds. The average molecular weight is 470 g/mol. The number of hydrogen-bond acceptors (Lipinski definition) is 5. The summed E-state index contributed by atoms with van der Waals surface area (Å²) in [7, 11) is 0. The molecule has 1 saturated carbocycles. The highest BCUT2D eigenvalue weighted by atomic mass is 16.5. The Morgan fingerprint density at radius 3 is 2.69 bits per heavy atom. The Labute approximate surface area is 203 Å². The zero-order chi connectivity index (χ0) is 24.4. The van der Waals surface area contributed by atoms with E-state index in [-0.39, 0.29) is 12.1 Å². The summed E-state index contributed by atoms with van der Waals surface area (Å²) in [4.78, 5) is 16.0. The maximum atomic E-state index is 12.0. The molecule has 2 aromatic carbocycles. The van der Waals surface area contributed by atoms with Gasteiger partial charge in [-0.05, 0) is 56.5 Å². The predicted molar refractivity (Wildman–Crippen MR) is 133 cm³/mol. The fourth-order valence-electron chi connectivity index (χ4n) is 4.24. The first-order chi connectivity index (χ1) is 17.0. The van der Waals surface area contributed by atoms with E-state index in [4.69, 9.17) is 4.74 Å². The Kier molecular flexibility index (Phi) is 6.10. The summed E-state index contributed by atoms with van der Waals surface area (Å²) in [6, 6.07) is 16.1. The van der Waals surface area contributed by atoms with Crippen LogP contribution in [0.3, 0.4) is 0 Å². The highest BCUT2D eigenvalue weighted by Crippen LogP contribution is 2.45. The zero-order valence-corrected chi connectivity index (χ0v) is 19.7. The molecule has 9 nitrogen and oxygen atoms in total. The van der Waals surface area contributed by atoms with Gasteiger partial charge in [0.05, 0.1) is 23.3 Å². The number of hydrogen-bond donors (Lipinski definition) is 2. The molecule has 1 aliphatic rings. The number of nitrogens with zero attached hydrogens (tertiary/aromatic N) is 5. The van der Waals surface area contributed by atoms with Gasteiger partial charge < -0.3 is 19.9 Å². The first-order valence-corrected chi connectivity index (χ1v) is 11.7. The fourth-order valence-corrected chi connectivity index (χ4v) is 4.24.